The van der Waals surface area contributed by atoms with Crippen LogP contribution in [0.1, 0.15) is 46.5 Å². The lowest BCUT2D eigenvalue weighted by Crippen LogP contribution is -2.57. The summed E-state index contributed by atoms with van der Waals surface area (Å²) in [6.07, 6.45) is -2.42. The number of hydrogen-bond donors (Lipinski definition) is 2. The van der Waals surface area contributed by atoms with Crippen molar-refractivity contribution in [1.29, 1.82) is 0 Å². The highest BCUT2D eigenvalue weighted by molar-refractivity contribution is 5.85. The molecule has 1 aliphatic rings. The Morgan fingerprint density at radius 2 is 1.79 bits per heavy atom. The zero-order valence-electron chi connectivity index (χ0n) is 11.7. The van der Waals surface area contributed by atoms with Gasteiger partial charge in [-0.3, -0.25) is 4.79 Å². The second-order valence-corrected chi connectivity index (χ2v) is 5.67. The van der Waals surface area contributed by atoms with E-state index in [4.69, 9.17) is 0 Å². The number of rotatable bonds is 4. The molecular formula is C13H23F3N2O. The van der Waals surface area contributed by atoms with E-state index < -0.39 is 23.7 Å². The third kappa shape index (κ3) is 4.37. The Balaban J connectivity index is 2.70. The van der Waals surface area contributed by atoms with Crippen molar-refractivity contribution in [1.82, 2.24) is 10.6 Å². The molecule has 0 spiro atoms. The van der Waals surface area contributed by atoms with Crippen molar-refractivity contribution in [2.45, 2.75) is 64.2 Å². The number of alkyl halides is 3. The minimum atomic E-state index is -4.24. The molecule has 112 valence electrons. The van der Waals surface area contributed by atoms with E-state index in [2.05, 4.69) is 10.6 Å². The van der Waals surface area contributed by atoms with Crippen LogP contribution >= 0.6 is 0 Å². The Morgan fingerprint density at radius 3 is 2.32 bits per heavy atom. The molecule has 0 aromatic heterocycles. The average Bonchev–Trinajstić information content (AvgIpc) is 2.28. The SMILES string of the molecule is CCNC(C)(C)C(=O)NC1CCCCC1C(F)(F)F. The van der Waals surface area contributed by atoms with Crippen LogP contribution in [0.2, 0.25) is 0 Å². The van der Waals surface area contributed by atoms with Crippen molar-refractivity contribution >= 4 is 5.91 Å². The Morgan fingerprint density at radius 1 is 1.21 bits per heavy atom. The minimum absolute atomic E-state index is 0.107. The smallest absolute Gasteiger partial charge is 0.351 e. The average molecular weight is 280 g/mol. The number of likely N-dealkylation sites (N-methyl/N-ethyl adjacent to an activating group) is 1. The Hall–Kier alpha value is -0.780. The van der Waals surface area contributed by atoms with Crippen molar-refractivity contribution in [3.63, 3.8) is 0 Å². The zero-order valence-corrected chi connectivity index (χ0v) is 11.7. The Kier molecular flexibility index (Phi) is 5.24. The summed E-state index contributed by atoms with van der Waals surface area (Å²) >= 11 is 0. The fraction of sp³-hybridized carbons (Fsp3) is 0.923. The third-order valence-electron chi connectivity index (χ3n) is 3.69. The predicted octanol–water partition coefficient (Wildman–Crippen LogP) is 2.61. The molecule has 0 saturated heterocycles. The van der Waals surface area contributed by atoms with Gasteiger partial charge in [0.2, 0.25) is 5.91 Å². The van der Waals surface area contributed by atoms with E-state index in [1.807, 2.05) is 6.92 Å². The van der Waals surface area contributed by atoms with Crippen molar-refractivity contribution in [3.8, 4) is 0 Å². The van der Waals surface area contributed by atoms with E-state index in [0.717, 1.165) is 6.42 Å². The maximum Gasteiger partial charge on any atom is 0.393 e. The van der Waals surface area contributed by atoms with Crippen LogP contribution in [0, 0.1) is 5.92 Å². The summed E-state index contributed by atoms with van der Waals surface area (Å²) in [5.41, 5.74) is -0.845. The molecule has 19 heavy (non-hydrogen) atoms. The number of carbonyl (C=O) groups is 1. The highest BCUT2D eigenvalue weighted by Gasteiger charge is 2.46. The summed E-state index contributed by atoms with van der Waals surface area (Å²) in [7, 11) is 0. The van der Waals surface area contributed by atoms with Gasteiger partial charge in [0.25, 0.3) is 0 Å². The van der Waals surface area contributed by atoms with Crippen LogP contribution in [0.4, 0.5) is 13.2 Å². The number of amides is 1. The molecule has 0 aromatic carbocycles. The van der Waals surface area contributed by atoms with Crippen molar-refractivity contribution in [3.05, 3.63) is 0 Å². The lowest BCUT2D eigenvalue weighted by Gasteiger charge is -2.36. The summed E-state index contributed by atoms with van der Waals surface area (Å²) < 4.78 is 38.8. The van der Waals surface area contributed by atoms with Gasteiger partial charge in [-0.15, -0.1) is 0 Å². The summed E-state index contributed by atoms with van der Waals surface area (Å²) in [5, 5.41) is 5.55. The highest BCUT2D eigenvalue weighted by atomic mass is 19.4. The van der Waals surface area contributed by atoms with E-state index in [9.17, 15) is 18.0 Å². The number of hydrogen-bond acceptors (Lipinski definition) is 2. The summed E-state index contributed by atoms with van der Waals surface area (Å²) in [6.45, 7) is 5.80. The molecule has 1 fully saturated rings. The summed E-state index contributed by atoms with van der Waals surface area (Å²) in [4.78, 5) is 12.1. The second kappa shape index (κ2) is 6.11. The van der Waals surface area contributed by atoms with Crippen molar-refractivity contribution in [2.24, 2.45) is 5.92 Å². The van der Waals surface area contributed by atoms with E-state index in [-0.39, 0.29) is 12.3 Å². The van der Waals surface area contributed by atoms with Crippen LogP contribution in [-0.2, 0) is 4.79 Å². The second-order valence-electron chi connectivity index (χ2n) is 5.67. The van der Waals surface area contributed by atoms with Gasteiger partial charge in [-0.25, -0.2) is 0 Å². The van der Waals surface area contributed by atoms with Gasteiger partial charge in [0, 0.05) is 6.04 Å². The maximum absolute atomic E-state index is 12.9. The lowest BCUT2D eigenvalue weighted by molar-refractivity contribution is -0.189. The van der Waals surface area contributed by atoms with E-state index in [0.29, 0.717) is 19.4 Å². The lowest BCUT2D eigenvalue weighted by atomic mass is 9.83. The number of carbonyl (C=O) groups excluding carboxylic acids is 1. The molecule has 2 atom stereocenters. The van der Waals surface area contributed by atoms with E-state index in [1.54, 1.807) is 13.8 Å². The van der Waals surface area contributed by atoms with Gasteiger partial charge in [-0.05, 0) is 33.2 Å². The van der Waals surface area contributed by atoms with Gasteiger partial charge in [0.05, 0.1) is 11.5 Å². The first-order valence-corrected chi connectivity index (χ1v) is 6.81. The van der Waals surface area contributed by atoms with Crippen molar-refractivity contribution < 1.29 is 18.0 Å². The zero-order chi connectivity index (χ0) is 14.7. The third-order valence-corrected chi connectivity index (χ3v) is 3.69. The molecule has 0 radical (unpaired) electrons. The van der Waals surface area contributed by atoms with Gasteiger partial charge in [0.1, 0.15) is 0 Å². The topological polar surface area (TPSA) is 41.1 Å². The first-order valence-electron chi connectivity index (χ1n) is 6.81. The fourth-order valence-electron chi connectivity index (χ4n) is 2.57. The molecule has 0 heterocycles. The van der Waals surface area contributed by atoms with Gasteiger partial charge in [-0.1, -0.05) is 19.8 Å². The quantitative estimate of drug-likeness (QED) is 0.831. The first-order chi connectivity index (χ1) is 8.68. The van der Waals surface area contributed by atoms with Gasteiger partial charge in [-0.2, -0.15) is 13.2 Å². The van der Waals surface area contributed by atoms with Crippen LogP contribution in [0.3, 0.4) is 0 Å². The standard InChI is InChI=1S/C13H23F3N2O/c1-4-17-12(2,3)11(19)18-10-8-6-5-7-9(10)13(14,15)16/h9-10,17H,4-8H2,1-3H3,(H,18,19). The molecular weight excluding hydrogens is 257 g/mol. The van der Waals surface area contributed by atoms with Crippen LogP contribution in [-0.4, -0.2) is 30.2 Å². The Labute approximate surface area is 112 Å². The molecule has 1 amide bonds. The maximum atomic E-state index is 12.9. The van der Waals surface area contributed by atoms with Crippen molar-refractivity contribution in [2.75, 3.05) is 6.54 Å². The molecule has 1 saturated carbocycles. The van der Waals surface area contributed by atoms with Gasteiger partial charge >= 0.3 is 6.18 Å². The summed E-state index contributed by atoms with van der Waals surface area (Å²) in [6, 6.07) is -0.792. The highest BCUT2D eigenvalue weighted by Crippen LogP contribution is 2.37. The van der Waals surface area contributed by atoms with E-state index in [1.165, 1.54) is 0 Å². The largest absolute Gasteiger partial charge is 0.393 e. The van der Waals surface area contributed by atoms with Crippen LogP contribution in [0.5, 0.6) is 0 Å². The molecule has 3 nitrogen and oxygen atoms in total. The van der Waals surface area contributed by atoms with Crippen LogP contribution < -0.4 is 10.6 Å². The summed E-state index contributed by atoms with van der Waals surface area (Å²) in [5.74, 6) is -1.78. The predicted molar refractivity (Wildman–Crippen MR) is 67.7 cm³/mol. The molecule has 0 aliphatic heterocycles. The molecule has 2 N–H and O–H groups in total. The fourth-order valence-corrected chi connectivity index (χ4v) is 2.57. The van der Waals surface area contributed by atoms with Crippen LogP contribution in [0.25, 0.3) is 0 Å². The molecule has 2 unspecified atom stereocenters. The molecule has 0 bridgehead atoms. The molecule has 6 heteroatoms. The number of nitrogens with one attached hydrogen (secondary N) is 2. The van der Waals surface area contributed by atoms with Gasteiger partial charge < -0.3 is 10.6 Å². The Bertz CT molecular complexity index is 316. The van der Waals surface area contributed by atoms with E-state index >= 15 is 0 Å². The molecule has 0 aromatic rings. The molecule has 1 aliphatic carbocycles. The molecule has 1 rings (SSSR count). The first kappa shape index (κ1) is 16.3. The normalized spacial score (nSPS) is 25.2. The number of halogens is 3. The van der Waals surface area contributed by atoms with Gasteiger partial charge in [0.15, 0.2) is 0 Å². The minimum Gasteiger partial charge on any atom is -0.351 e. The monoisotopic (exact) mass is 280 g/mol. The van der Waals surface area contributed by atoms with Crippen LogP contribution in [0.15, 0.2) is 0 Å².